The van der Waals surface area contributed by atoms with Crippen molar-refractivity contribution in [2.45, 2.75) is 81.3 Å². The molecular weight excluding hydrogens is 414 g/mol. The minimum absolute atomic E-state index is 0.0286. The highest BCUT2D eigenvalue weighted by Crippen LogP contribution is 2.55. The van der Waals surface area contributed by atoms with E-state index in [9.17, 15) is 18.4 Å². The van der Waals surface area contributed by atoms with Gasteiger partial charge in [0.1, 0.15) is 0 Å². The average molecular weight is 451 g/mol. The highest BCUT2D eigenvalue weighted by molar-refractivity contribution is 5.79. The van der Waals surface area contributed by atoms with Crippen molar-refractivity contribution in [2.24, 2.45) is 17.8 Å². The lowest BCUT2D eigenvalue weighted by atomic mass is 9.53. The first-order chi connectivity index (χ1) is 15.3. The summed E-state index contributed by atoms with van der Waals surface area (Å²) in [6.07, 6.45) is 8.20. The molecule has 6 bridgehead atoms. The second-order valence-electron chi connectivity index (χ2n) is 11.9. The van der Waals surface area contributed by atoms with E-state index in [1.165, 1.54) is 38.5 Å². The van der Waals surface area contributed by atoms with Crippen LogP contribution in [0.1, 0.15) is 57.8 Å². The molecule has 3 saturated heterocycles. The van der Waals surface area contributed by atoms with Crippen LogP contribution in [0, 0.1) is 17.8 Å². The van der Waals surface area contributed by atoms with Crippen molar-refractivity contribution >= 4 is 11.8 Å². The van der Waals surface area contributed by atoms with E-state index in [2.05, 4.69) is 15.1 Å². The Hall–Kier alpha value is -1.28. The Morgan fingerprint density at radius 3 is 1.88 bits per heavy atom. The quantitative estimate of drug-likeness (QED) is 0.697. The Morgan fingerprint density at radius 1 is 0.812 bits per heavy atom. The van der Waals surface area contributed by atoms with Crippen LogP contribution >= 0.6 is 0 Å². The van der Waals surface area contributed by atoms with Crippen molar-refractivity contribution in [2.75, 3.05) is 39.3 Å². The monoisotopic (exact) mass is 450 g/mol. The average Bonchev–Trinajstić information content (AvgIpc) is 3.26. The van der Waals surface area contributed by atoms with E-state index in [0.717, 1.165) is 37.3 Å². The zero-order valence-electron chi connectivity index (χ0n) is 18.9. The van der Waals surface area contributed by atoms with Crippen LogP contribution in [0.15, 0.2) is 0 Å². The summed E-state index contributed by atoms with van der Waals surface area (Å²) in [6.45, 7) is 2.72. The second kappa shape index (κ2) is 7.62. The van der Waals surface area contributed by atoms with Crippen LogP contribution in [0.5, 0.6) is 0 Å². The van der Waals surface area contributed by atoms with Crippen LogP contribution in [-0.2, 0) is 9.59 Å². The highest BCUT2D eigenvalue weighted by Gasteiger charge is 2.52. The van der Waals surface area contributed by atoms with E-state index >= 15 is 0 Å². The molecule has 32 heavy (non-hydrogen) atoms. The lowest BCUT2D eigenvalue weighted by molar-refractivity contribution is -0.139. The molecule has 8 heteroatoms. The molecule has 2 atom stereocenters. The summed E-state index contributed by atoms with van der Waals surface area (Å²) in [6, 6.07) is 0.614. The van der Waals surface area contributed by atoms with E-state index in [1.54, 1.807) is 4.90 Å². The van der Waals surface area contributed by atoms with Crippen LogP contribution in [-0.4, -0.2) is 89.3 Å². The first-order valence-corrected chi connectivity index (χ1v) is 12.7. The summed E-state index contributed by atoms with van der Waals surface area (Å²) < 4.78 is 26.7. The molecule has 0 aromatic carbocycles. The van der Waals surface area contributed by atoms with Crippen LogP contribution in [0.25, 0.3) is 0 Å². The van der Waals surface area contributed by atoms with E-state index in [-0.39, 0.29) is 43.3 Å². The minimum atomic E-state index is -2.62. The fourth-order valence-corrected chi connectivity index (χ4v) is 8.36. The Morgan fingerprint density at radius 2 is 1.34 bits per heavy atom. The Bertz CT molecular complexity index is 745. The van der Waals surface area contributed by atoms with E-state index in [4.69, 9.17) is 0 Å². The van der Waals surface area contributed by atoms with Gasteiger partial charge in [-0.15, -0.1) is 0 Å². The third kappa shape index (κ3) is 3.95. The lowest BCUT2D eigenvalue weighted by Crippen LogP contribution is -2.61. The summed E-state index contributed by atoms with van der Waals surface area (Å²) >= 11 is 0. The van der Waals surface area contributed by atoms with Crippen molar-refractivity contribution in [1.29, 1.82) is 0 Å². The van der Waals surface area contributed by atoms with Gasteiger partial charge in [0.2, 0.25) is 11.8 Å². The number of carbonyl (C=O) groups is 2. The number of piperazine rings is 1. The van der Waals surface area contributed by atoms with Crippen molar-refractivity contribution in [3.8, 4) is 0 Å². The molecule has 178 valence electrons. The standard InChI is InChI=1S/C24H36F2N4O2/c25-24(26)1-3-28(4-2-24)22(32)15-30-13-19-8-20(30)12-29(19)14-21(31)27-23-9-16-5-17(10-23)7-18(6-16)11-23/h16-20H,1-15H2,(H,27,31)/t16?,17?,18?,19-,20-,23?/m0/s1. The van der Waals surface area contributed by atoms with Gasteiger partial charge in [-0.25, -0.2) is 8.78 Å². The molecule has 1 N–H and O–H groups in total. The molecule has 4 saturated carbocycles. The van der Waals surface area contributed by atoms with E-state index < -0.39 is 5.92 Å². The predicted molar refractivity (Wildman–Crippen MR) is 115 cm³/mol. The van der Waals surface area contributed by atoms with Crippen molar-refractivity contribution in [1.82, 2.24) is 20.0 Å². The van der Waals surface area contributed by atoms with Crippen LogP contribution in [0.3, 0.4) is 0 Å². The van der Waals surface area contributed by atoms with Gasteiger partial charge in [0, 0.05) is 56.6 Å². The second-order valence-corrected chi connectivity index (χ2v) is 11.9. The molecule has 0 spiro atoms. The van der Waals surface area contributed by atoms with Crippen LogP contribution in [0.4, 0.5) is 8.78 Å². The van der Waals surface area contributed by atoms with Gasteiger partial charge in [-0.3, -0.25) is 19.4 Å². The summed E-state index contributed by atoms with van der Waals surface area (Å²) in [5, 5.41) is 3.49. The summed E-state index contributed by atoms with van der Waals surface area (Å²) in [4.78, 5) is 31.7. The largest absolute Gasteiger partial charge is 0.350 e. The number of likely N-dealkylation sites (tertiary alicyclic amines) is 3. The van der Waals surface area contributed by atoms with Gasteiger partial charge >= 0.3 is 0 Å². The van der Waals surface area contributed by atoms with Crippen molar-refractivity contribution in [3.05, 3.63) is 0 Å². The molecule has 7 fully saturated rings. The number of rotatable bonds is 5. The van der Waals surface area contributed by atoms with Gasteiger partial charge in [0.05, 0.1) is 13.1 Å². The summed E-state index contributed by atoms with van der Waals surface area (Å²) in [5.41, 5.74) is 0.0638. The number of hydrogen-bond acceptors (Lipinski definition) is 4. The van der Waals surface area contributed by atoms with Gasteiger partial charge in [-0.05, 0) is 62.7 Å². The molecular formula is C24H36F2N4O2. The fourth-order valence-electron chi connectivity index (χ4n) is 8.36. The van der Waals surface area contributed by atoms with Gasteiger partial charge in [-0.1, -0.05) is 0 Å². The van der Waals surface area contributed by atoms with E-state index in [0.29, 0.717) is 25.2 Å². The van der Waals surface area contributed by atoms with Crippen molar-refractivity contribution < 1.29 is 18.4 Å². The number of carbonyl (C=O) groups excluding carboxylic acids is 2. The number of alkyl halides is 2. The summed E-state index contributed by atoms with van der Waals surface area (Å²) in [7, 11) is 0. The van der Waals surface area contributed by atoms with Crippen LogP contribution < -0.4 is 5.32 Å². The SMILES string of the molecule is O=C(CN1C[C@@H]2C[C@H]1CN2CC(=O)N1CCC(F)(F)CC1)NC12CC3CC(CC(C3)C1)C2. The molecule has 7 rings (SSSR count). The maximum absolute atomic E-state index is 13.4. The third-order valence-corrected chi connectivity index (χ3v) is 9.44. The molecule has 7 aliphatic rings. The minimum Gasteiger partial charge on any atom is -0.350 e. The molecule has 4 aliphatic carbocycles. The topological polar surface area (TPSA) is 55.9 Å². The van der Waals surface area contributed by atoms with Gasteiger partial charge in [-0.2, -0.15) is 0 Å². The number of piperidine rings is 1. The Kier molecular flexibility index (Phi) is 5.06. The zero-order valence-corrected chi connectivity index (χ0v) is 18.9. The number of nitrogens with one attached hydrogen (secondary N) is 1. The smallest absolute Gasteiger partial charge is 0.251 e. The van der Waals surface area contributed by atoms with Crippen molar-refractivity contribution in [3.63, 3.8) is 0 Å². The number of halogens is 2. The molecule has 2 amide bonds. The highest BCUT2D eigenvalue weighted by atomic mass is 19.3. The molecule has 0 radical (unpaired) electrons. The predicted octanol–water partition coefficient (Wildman–Crippen LogP) is 2.09. The number of amides is 2. The molecule has 0 aromatic heterocycles. The molecule has 0 unspecified atom stereocenters. The van der Waals surface area contributed by atoms with E-state index in [1.807, 2.05) is 0 Å². The molecule has 6 nitrogen and oxygen atoms in total. The van der Waals surface area contributed by atoms with Gasteiger partial charge < -0.3 is 10.2 Å². The normalized spacial score (nSPS) is 42.6. The number of fused-ring (bicyclic) bond motifs is 2. The maximum Gasteiger partial charge on any atom is 0.251 e. The number of hydrogen-bond donors (Lipinski definition) is 1. The van der Waals surface area contributed by atoms with Gasteiger partial charge in [0.15, 0.2) is 0 Å². The molecule has 0 aromatic rings. The molecule has 3 heterocycles. The van der Waals surface area contributed by atoms with Crippen LogP contribution in [0.2, 0.25) is 0 Å². The first-order valence-electron chi connectivity index (χ1n) is 12.7. The summed E-state index contributed by atoms with van der Waals surface area (Å²) in [5.74, 6) is -0.0129. The zero-order chi connectivity index (χ0) is 22.1. The fraction of sp³-hybridized carbons (Fsp3) is 0.917. The number of nitrogens with zero attached hydrogens (tertiary/aromatic N) is 3. The first kappa shape index (κ1) is 21.3. The molecule has 3 aliphatic heterocycles. The Labute approximate surface area is 189 Å². The lowest BCUT2D eigenvalue weighted by Gasteiger charge is -2.57. The van der Waals surface area contributed by atoms with Gasteiger partial charge in [0.25, 0.3) is 5.92 Å². The third-order valence-electron chi connectivity index (χ3n) is 9.44. The Balaban J connectivity index is 0.982. The maximum atomic E-state index is 13.4.